The molecule has 0 atom stereocenters. The fraction of sp³-hybridized carbons (Fsp3) is 0.161. The molecule has 2 N–H and O–H groups in total. The van der Waals surface area contributed by atoms with Crippen molar-refractivity contribution in [3.63, 3.8) is 0 Å². The number of rotatable bonds is 9. The second kappa shape index (κ2) is 12.3. The second-order valence-electron chi connectivity index (χ2n) is 10.3. The normalized spacial score (nSPS) is 11.7. The molecule has 5 rings (SSSR count). The molecule has 44 heavy (non-hydrogen) atoms. The van der Waals surface area contributed by atoms with Crippen LogP contribution < -0.4 is 15.9 Å². The van der Waals surface area contributed by atoms with Crippen molar-refractivity contribution in [2.75, 3.05) is 24.0 Å². The number of benzene rings is 3. The average Bonchev–Trinajstić information content (AvgIpc) is 3.42. The van der Waals surface area contributed by atoms with E-state index in [0.29, 0.717) is 17.1 Å². The summed E-state index contributed by atoms with van der Waals surface area (Å²) >= 11 is 0. The van der Waals surface area contributed by atoms with Crippen molar-refractivity contribution < 1.29 is 27.3 Å². The van der Waals surface area contributed by atoms with Crippen LogP contribution in [0.1, 0.15) is 21.5 Å². The first-order chi connectivity index (χ1) is 20.9. The highest BCUT2D eigenvalue weighted by molar-refractivity contribution is 7.70. The Kier molecular flexibility index (Phi) is 8.55. The van der Waals surface area contributed by atoms with Crippen molar-refractivity contribution in [1.82, 2.24) is 19.7 Å². The predicted octanol–water partition coefficient (Wildman–Crippen LogP) is 6.99. The predicted molar refractivity (Wildman–Crippen MR) is 163 cm³/mol. The molecule has 0 fully saturated rings. The molecular weight excluding hydrogens is 592 g/mol. The van der Waals surface area contributed by atoms with Crippen LogP contribution in [0.15, 0.2) is 91.4 Å². The van der Waals surface area contributed by atoms with E-state index < -0.39 is 30.7 Å². The van der Waals surface area contributed by atoms with Gasteiger partial charge in [-0.2, -0.15) is 23.3 Å². The van der Waals surface area contributed by atoms with Crippen LogP contribution in [0.3, 0.4) is 0 Å². The summed E-state index contributed by atoms with van der Waals surface area (Å²) in [6.45, 7) is 3.11. The van der Waals surface area contributed by atoms with Crippen molar-refractivity contribution in [3.8, 4) is 11.1 Å². The first-order valence-electron chi connectivity index (χ1n) is 13.4. The Labute approximate surface area is 251 Å². The van der Waals surface area contributed by atoms with Gasteiger partial charge in [-0.3, -0.25) is 4.68 Å². The van der Waals surface area contributed by atoms with Gasteiger partial charge in [-0.15, -0.1) is 0 Å². The van der Waals surface area contributed by atoms with Gasteiger partial charge in [-0.25, -0.2) is 9.78 Å². The number of esters is 1. The highest BCUT2D eigenvalue weighted by Crippen LogP contribution is 2.41. The topological polar surface area (TPSA) is 111 Å². The van der Waals surface area contributed by atoms with Crippen LogP contribution in [0.25, 0.3) is 11.1 Å². The zero-order valence-corrected chi connectivity index (χ0v) is 24.9. The van der Waals surface area contributed by atoms with Crippen LogP contribution in [0.5, 0.6) is 0 Å². The Morgan fingerprint density at radius 1 is 0.932 bits per heavy atom. The Bertz CT molecular complexity index is 1850. The second-order valence-corrected chi connectivity index (χ2v) is 13.5. The summed E-state index contributed by atoms with van der Waals surface area (Å²) in [6.07, 6.45) is -0.725. The first kappa shape index (κ1) is 30.5. The summed E-state index contributed by atoms with van der Waals surface area (Å²) in [6, 6.07) is 20.4. The van der Waals surface area contributed by atoms with Crippen LogP contribution >= 0.6 is 7.14 Å². The minimum atomic E-state index is -4.79. The lowest BCUT2D eigenvalue weighted by Gasteiger charge is -2.19. The van der Waals surface area contributed by atoms with E-state index in [1.807, 2.05) is 30.3 Å². The molecule has 2 heterocycles. The van der Waals surface area contributed by atoms with Gasteiger partial charge in [0.1, 0.15) is 25.1 Å². The molecule has 0 unspecified atom stereocenters. The van der Waals surface area contributed by atoms with E-state index in [4.69, 9.17) is 4.74 Å². The third-order valence-corrected chi connectivity index (χ3v) is 8.10. The van der Waals surface area contributed by atoms with Crippen LogP contribution in [0, 0.1) is 0 Å². The fourth-order valence-electron chi connectivity index (χ4n) is 4.40. The standard InChI is InChI=1S/C31H28F3N6O3P/c1-40-18-22(16-36-40)21-13-14-26(27(15-21)44(2,3)42)37-28-24(31(32,33)34)17-35-30(39-28)38-25-12-8-7-11-23(25)29(41)43-19-20-9-5-4-6-10-20/h4-18H,19H2,1-3H3,(H2,35,37,38,39). The zero-order valence-electron chi connectivity index (χ0n) is 24.0. The fourth-order valence-corrected chi connectivity index (χ4v) is 5.56. The van der Waals surface area contributed by atoms with Crippen LogP contribution in [0.2, 0.25) is 0 Å². The number of nitrogens with one attached hydrogen (secondary N) is 2. The molecule has 5 aromatic rings. The Hall–Kier alpha value is -4.96. The van der Waals surface area contributed by atoms with Gasteiger partial charge >= 0.3 is 12.1 Å². The molecule has 0 bridgehead atoms. The molecule has 226 valence electrons. The smallest absolute Gasteiger partial charge is 0.421 e. The zero-order chi connectivity index (χ0) is 31.5. The quantitative estimate of drug-likeness (QED) is 0.134. The monoisotopic (exact) mass is 620 g/mol. The van der Waals surface area contributed by atoms with Crippen molar-refractivity contribution in [3.05, 3.63) is 108 Å². The maximum atomic E-state index is 14.1. The lowest BCUT2D eigenvalue weighted by Crippen LogP contribution is -2.16. The molecule has 0 aliphatic carbocycles. The minimum absolute atomic E-state index is 0.0411. The molecule has 9 nitrogen and oxygen atoms in total. The third-order valence-electron chi connectivity index (χ3n) is 6.57. The van der Waals surface area contributed by atoms with Gasteiger partial charge < -0.3 is 19.9 Å². The number of hydrogen-bond donors (Lipinski definition) is 2. The molecule has 3 aromatic carbocycles. The number of para-hydroxylation sites is 1. The van der Waals surface area contributed by atoms with Crippen LogP contribution in [-0.4, -0.2) is 39.0 Å². The number of nitrogens with zero attached hydrogens (tertiary/aromatic N) is 4. The van der Waals surface area contributed by atoms with E-state index in [-0.39, 0.29) is 29.5 Å². The van der Waals surface area contributed by atoms with Gasteiger partial charge in [0.2, 0.25) is 5.95 Å². The number of aryl methyl sites for hydroxylation is 1. The van der Waals surface area contributed by atoms with Gasteiger partial charge in [0, 0.05) is 30.3 Å². The van der Waals surface area contributed by atoms with Crippen LogP contribution in [0.4, 0.5) is 36.3 Å². The molecule has 2 aromatic heterocycles. The number of halogens is 3. The average molecular weight is 621 g/mol. The Balaban J connectivity index is 1.46. The maximum Gasteiger partial charge on any atom is 0.421 e. The van der Waals surface area contributed by atoms with E-state index in [0.717, 1.165) is 11.1 Å². The van der Waals surface area contributed by atoms with Crippen LogP contribution in [-0.2, 0) is 29.1 Å². The molecule has 0 radical (unpaired) electrons. The number of hydrogen-bond acceptors (Lipinski definition) is 8. The summed E-state index contributed by atoms with van der Waals surface area (Å²) in [5, 5.41) is 10.1. The number of carbonyl (C=O) groups is 1. The largest absolute Gasteiger partial charge is 0.457 e. The van der Waals surface area contributed by atoms with Crippen molar-refractivity contribution >= 4 is 41.6 Å². The number of ether oxygens (including phenoxy) is 1. The van der Waals surface area contributed by atoms with Gasteiger partial charge in [-0.05, 0) is 48.7 Å². The molecule has 13 heteroatoms. The van der Waals surface area contributed by atoms with E-state index in [9.17, 15) is 22.5 Å². The lowest BCUT2D eigenvalue weighted by atomic mass is 10.1. The summed E-state index contributed by atoms with van der Waals surface area (Å²) in [4.78, 5) is 20.9. The molecule has 0 aliphatic heterocycles. The number of aromatic nitrogens is 4. The summed E-state index contributed by atoms with van der Waals surface area (Å²) in [5.74, 6) is -1.39. The van der Waals surface area contributed by atoms with E-state index in [1.165, 1.54) is 19.4 Å². The SMILES string of the molecule is Cn1cc(-c2ccc(Nc3nc(Nc4ccccc4C(=O)OCc4ccccc4)ncc3C(F)(F)F)c(P(C)(C)=O)c2)cn1. The Morgan fingerprint density at radius 3 is 2.34 bits per heavy atom. The molecule has 0 amide bonds. The number of anilines is 4. The highest BCUT2D eigenvalue weighted by atomic mass is 31.2. The molecule has 0 aliphatic rings. The molecular formula is C31H28F3N6O3P. The summed E-state index contributed by atoms with van der Waals surface area (Å²) in [7, 11) is -1.22. The third kappa shape index (κ3) is 7.15. The molecule has 0 spiro atoms. The Morgan fingerprint density at radius 2 is 1.66 bits per heavy atom. The van der Waals surface area contributed by atoms with E-state index in [2.05, 4.69) is 25.7 Å². The highest BCUT2D eigenvalue weighted by Gasteiger charge is 2.36. The van der Waals surface area contributed by atoms with Gasteiger partial charge in [-0.1, -0.05) is 48.5 Å². The number of carbonyl (C=O) groups excluding carboxylic acids is 1. The summed E-state index contributed by atoms with van der Waals surface area (Å²) in [5.41, 5.74) is 1.73. The van der Waals surface area contributed by atoms with E-state index in [1.54, 1.807) is 60.5 Å². The minimum Gasteiger partial charge on any atom is -0.457 e. The van der Waals surface area contributed by atoms with E-state index >= 15 is 0 Å². The van der Waals surface area contributed by atoms with Crippen molar-refractivity contribution in [2.24, 2.45) is 7.05 Å². The van der Waals surface area contributed by atoms with Crippen molar-refractivity contribution in [1.29, 1.82) is 0 Å². The van der Waals surface area contributed by atoms with Gasteiger partial charge in [0.05, 0.1) is 23.1 Å². The van der Waals surface area contributed by atoms with Gasteiger partial charge in [0.25, 0.3) is 0 Å². The molecule has 0 saturated carbocycles. The lowest BCUT2D eigenvalue weighted by molar-refractivity contribution is -0.137. The summed E-state index contributed by atoms with van der Waals surface area (Å²) < 4.78 is 62.5. The maximum absolute atomic E-state index is 14.1. The first-order valence-corrected chi connectivity index (χ1v) is 16.0. The number of alkyl halides is 3. The van der Waals surface area contributed by atoms with Gasteiger partial charge in [0.15, 0.2) is 0 Å². The van der Waals surface area contributed by atoms with Crippen molar-refractivity contribution in [2.45, 2.75) is 12.8 Å². The molecule has 0 saturated heterocycles.